The fourth-order valence-corrected chi connectivity index (χ4v) is 2.31. The number of benzene rings is 1. The van der Waals surface area contributed by atoms with Gasteiger partial charge in [0, 0.05) is 6.04 Å². The number of hydrogen-bond donors (Lipinski definition) is 3. The monoisotopic (exact) mass is 221 g/mol. The van der Waals surface area contributed by atoms with Crippen molar-refractivity contribution >= 4 is 5.97 Å². The summed E-state index contributed by atoms with van der Waals surface area (Å²) in [6.45, 7) is 0.832. The third-order valence-electron chi connectivity index (χ3n) is 3.02. The van der Waals surface area contributed by atoms with Crippen LogP contribution in [0.5, 0.6) is 5.75 Å². The van der Waals surface area contributed by atoms with E-state index in [1.165, 1.54) is 0 Å². The average molecular weight is 221 g/mol. The summed E-state index contributed by atoms with van der Waals surface area (Å²) in [6, 6.07) is 7.05. The molecular weight excluding hydrogens is 206 g/mol. The average Bonchev–Trinajstić information content (AvgIpc) is 2.65. The van der Waals surface area contributed by atoms with E-state index in [0.717, 1.165) is 18.5 Å². The van der Waals surface area contributed by atoms with Gasteiger partial charge in [-0.15, -0.1) is 0 Å². The van der Waals surface area contributed by atoms with E-state index < -0.39 is 5.97 Å². The molecule has 0 bridgehead atoms. The molecule has 86 valence electrons. The van der Waals surface area contributed by atoms with Crippen LogP contribution in [0.2, 0.25) is 0 Å². The lowest BCUT2D eigenvalue weighted by atomic mass is 9.91. The molecule has 0 radical (unpaired) electrons. The SMILES string of the molecule is O=C(O)C[C@H]1CCN[C@@H]1c1cccc(O)c1. The highest BCUT2D eigenvalue weighted by atomic mass is 16.4. The van der Waals surface area contributed by atoms with Crippen LogP contribution in [0.3, 0.4) is 0 Å². The maximum Gasteiger partial charge on any atom is 0.303 e. The van der Waals surface area contributed by atoms with Gasteiger partial charge < -0.3 is 15.5 Å². The van der Waals surface area contributed by atoms with E-state index >= 15 is 0 Å². The molecule has 1 aliphatic rings. The molecule has 2 rings (SSSR count). The quantitative estimate of drug-likeness (QED) is 0.723. The van der Waals surface area contributed by atoms with Gasteiger partial charge in [0.05, 0.1) is 6.42 Å². The number of phenolic OH excluding ortho intramolecular Hbond substituents is 1. The topological polar surface area (TPSA) is 69.6 Å². The predicted octanol–water partition coefficient (Wildman–Crippen LogP) is 1.52. The third kappa shape index (κ3) is 2.33. The first-order chi connectivity index (χ1) is 7.66. The molecule has 4 nitrogen and oxygen atoms in total. The van der Waals surface area contributed by atoms with Crippen molar-refractivity contribution in [3.05, 3.63) is 29.8 Å². The number of nitrogens with one attached hydrogen (secondary N) is 1. The van der Waals surface area contributed by atoms with Crippen molar-refractivity contribution in [3.63, 3.8) is 0 Å². The Labute approximate surface area is 93.9 Å². The Balaban J connectivity index is 2.16. The van der Waals surface area contributed by atoms with Crippen LogP contribution in [0.4, 0.5) is 0 Å². The molecule has 1 heterocycles. The second-order valence-electron chi connectivity index (χ2n) is 4.17. The van der Waals surface area contributed by atoms with E-state index in [9.17, 15) is 9.90 Å². The van der Waals surface area contributed by atoms with Crippen LogP contribution in [0, 0.1) is 5.92 Å². The maximum atomic E-state index is 10.7. The minimum Gasteiger partial charge on any atom is -0.508 e. The second-order valence-corrected chi connectivity index (χ2v) is 4.17. The fourth-order valence-electron chi connectivity index (χ4n) is 2.31. The van der Waals surface area contributed by atoms with E-state index in [1.54, 1.807) is 18.2 Å². The summed E-state index contributed by atoms with van der Waals surface area (Å²) in [5.74, 6) is -0.432. The lowest BCUT2D eigenvalue weighted by molar-refractivity contribution is -0.138. The Bertz CT molecular complexity index is 392. The third-order valence-corrected chi connectivity index (χ3v) is 3.02. The van der Waals surface area contributed by atoms with Gasteiger partial charge in [0.15, 0.2) is 0 Å². The van der Waals surface area contributed by atoms with Gasteiger partial charge in [0.2, 0.25) is 0 Å². The Morgan fingerprint density at radius 2 is 2.31 bits per heavy atom. The van der Waals surface area contributed by atoms with E-state index in [1.807, 2.05) is 6.07 Å². The first-order valence-electron chi connectivity index (χ1n) is 5.41. The molecule has 1 aromatic carbocycles. The Morgan fingerprint density at radius 3 is 3.00 bits per heavy atom. The zero-order chi connectivity index (χ0) is 11.5. The van der Waals surface area contributed by atoms with Crippen molar-refractivity contribution < 1.29 is 15.0 Å². The van der Waals surface area contributed by atoms with Crippen molar-refractivity contribution in [2.75, 3.05) is 6.54 Å². The van der Waals surface area contributed by atoms with Crippen LogP contribution in [0.15, 0.2) is 24.3 Å². The fraction of sp³-hybridized carbons (Fsp3) is 0.417. The zero-order valence-electron chi connectivity index (χ0n) is 8.89. The smallest absolute Gasteiger partial charge is 0.303 e. The second kappa shape index (κ2) is 4.53. The molecule has 1 aliphatic heterocycles. The standard InChI is InChI=1S/C12H15NO3/c14-10-3-1-2-8(6-10)12-9(4-5-13-12)7-11(15)16/h1-3,6,9,12-14H,4-5,7H2,(H,15,16)/t9-,12-/m1/s1. The van der Waals surface area contributed by atoms with Crippen LogP contribution in [-0.2, 0) is 4.79 Å². The normalized spacial score (nSPS) is 24.5. The molecule has 1 fully saturated rings. The number of rotatable bonds is 3. The minimum absolute atomic E-state index is 0.0446. The first kappa shape index (κ1) is 11.0. The summed E-state index contributed by atoms with van der Waals surface area (Å²) in [6.07, 6.45) is 1.04. The number of carboxylic acids is 1. The van der Waals surface area contributed by atoms with Crippen molar-refractivity contribution in [2.45, 2.75) is 18.9 Å². The minimum atomic E-state index is -0.765. The molecule has 0 aliphatic carbocycles. The maximum absolute atomic E-state index is 10.7. The molecule has 4 heteroatoms. The molecule has 0 spiro atoms. The van der Waals surface area contributed by atoms with Gasteiger partial charge in [-0.1, -0.05) is 12.1 Å². The summed E-state index contributed by atoms with van der Waals surface area (Å²) < 4.78 is 0. The highest BCUT2D eigenvalue weighted by molar-refractivity contribution is 5.67. The van der Waals surface area contributed by atoms with Crippen LogP contribution < -0.4 is 5.32 Å². The van der Waals surface area contributed by atoms with Crippen molar-refractivity contribution in [3.8, 4) is 5.75 Å². The van der Waals surface area contributed by atoms with Gasteiger partial charge >= 0.3 is 5.97 Å². The molecular formula is C12H15NO3. The van der Waals surface area contributed by atoms with Gasteiger partial charge in [-0.25, -0.2) is 0 Å². The largest absolute Gasteiger partial charge is 0.508 e. The molecule has 1 saturated heterocycles. The Kier molecular flexibility index (Phi) is 3.10. The van der Waals surface area contributed by atoms with Gasteiger partial charge in [-0.05, 0) is 36.6 Å². The summed E-state index contributed by atoms with van der Waals surface area (Å²) in [7, 11) is 0. The van der Waals surface area contributed by atoms with Crippen molar-refractivity contribution in [1.82, 2.24) is 5.32 Å². The predicted molar refractivity (Wildman–Crippen MR) is 59.2 cm³/mol. The van der Waals surface area contributed by atoms with E-state index in [-0.39, 0.29) is 24.1 Å². The Hall–Kier alpha value is -1.55. The van der Waals surface area contributed by atoms with Crippen molar-refractivity contribution in [1.29, 1.82) is 0 Å². The molecule has 3 N–H and O–H groups in total. The van der Waals surface area contributed by atoms with Gasteiger partial charge in [0.1, 0.15) is 5.75 Å². The molecule has 0 unspecified atom stereocenters. The number of aliphatic carboxylic acids is 1. The summed E-state index contributed by atoms with van der Waals surface area (Å²) >= 11 is 0. The molecule has 0 aromatic heterocycles. The lowest BCUT2D eigenvalue weighted by Gasteiger charge is -2.18. The van der Waals surface area contributed by atoms with Gasteiger partial charge in [-0.3, -0.25) is 4.79 Å². The molecule has 16 heavy (non-hydrogen) atoms. The molecule has 1 aromatic rings. The van der Waals surface area contributed by atoms with Crippen LogP contribution >= 0.6 is 0 Å². The number of carboxylic acid groups (broad SMARTS) is 1. The molecule has 2 atom stereocenters. The first-order valence-corrected chi connectivity index (χ1v) is 5.41. The summed E-state index contributed by atoms with van der Waals surface area (Å²) in [4.78, 5) is 10.7. The Morgan fingerprint density at radius 1 is 1.50 bits per heavy atom. The van der Waals surface area contributed by atoms with Crippen LogP contribution in [0.1, 0.15) is 24.4 Å². The van der Waals surface area contributed by atoms with E-state index in [0.29, 0.717) is 0 Å². The number of hydrogen-bond acceptors (Lipinski definition) is 3. The summed E-state index contributed by atoms with van der Waals surface area (Å²) in [5.41, 5.74) is 0.962. The van der Waals surface area contributed by atoms with E-state index in [2.05, 4.69) is 5.32 Å². The molecule has 0 amide bonds. The zero-order valence-corrected chi connectivity index (χ0v) is 8.89. The lowest BCUT2D eigenvalue weighted by Crippen LogP contribution is -2.19. The highest BCUT2D eigenvalue weighted by Crippen LogP contribution is 2.33. The van der Waals surface area contributed by atoms with E-state index in [4.69, 9.17) is 5.11 Å². The van der Waals surface area contributed by atoms with Crippen LogP contribution in [-0.4, -0.2) is 22.7 Å². The molecule has 0 saturated carbocycles. The highest BCUT2D eigenvalue weighted by Gasteiger charge is 2.29. The van der Waals surface area contributed by atoms with Gasteiger partial charge in [0.25, 0.3) is 0 Å². The number of carbonyl (C=O) groups is 1. The number of phenols is 1. The summed E-state index contributed by atoms with van der Waals surface area (Å²) in [5, 5.41) is 21.5. The van der Waals surface area contributed by atoms with Crippen LogP contribution in [0.25, 0.3) is 0 Å². The van der Waals surface area contributed by atoms with Gasteiger partial charge in [-0.2, -0.15) is 0 Å². The number of aromatic hydroxyl groups is 1. The van der Waals surface area contributed by atoms with Crippen molar-refractivity contribution in [2.24, 2.45) is 5.92 Å².